The summed E-state index contributed by atoms with van der Waals surface area (Å²) in [7, 11) is -0.537. The molecule has 6 nitrogen and oxygen atoms in total. The van der Waals surface area contributed by atoms with E-state index in [-0.39, 0.29) is 11.8 Å². The molecule has 2 aliphatic rings. The van der Waals surface area contributed by atoms with Gasteiger partial charge in [0.1, 0.15) is 11.6 Å². The van der Waals surface area contributed by atoms with E-state index >= 15 is 0 Å². The van der Waals surface area contributed by atoms with Crippen LogP contribution in [0, 0.1) is 0 Å². The van der Waals surface area contributed by atoms with Crippen LogP contribution in [0.5, 0.6) is 5.75 Å². The molecule has 33 heavy (non-hydrogen) atoms. The van der Waals surface area contributed by atoms with Crippen molar-refractivity contribution in [1.82, 2.24) is 9.55 Å². The van der Waals surface area contributed by atoms with Crippen LogP contribution in [0.15, 0.2) is 36.4 Å². The summed E-state index contributed by atoms with van der Waals surface area (Å²) in [6.45, 7) is 5.01. The van der Waals surface area contributed by atoms with Crippen molar-refractivity contribution in [3.8, 4) is 5.75 Å². The number of carbonyl (C=O) groups is 1. The number of aldehydes is 1. The van der Waals surface area contributed by atoms with Gasteiger partial charge in [0.15, 0.2) is 6.29 Å². The lowest BCUT2D eigenvalue weighted by Gasteiger charge is -2.32. The van der Waals surface area contributed by atoms with E-state index in [1.807, 2.05) is 50.5 Å². The number of carbonyl (C=O) groups excluding carboxylic acids is 1. The van der Waals surface area contributed by atoms with Gasteiger partial charge < -0.3 is 18.6 Å². The molecule has 1 atom stereocenters. The minimum absolute atomic E-state index is 0.0106. The maximum Gasteiger partial charge on any atom is 0.494 e. The van der Waals surface area contributed by atoms with Gasteiger partial charge in [-0.25, -0.2) is 4.98 Å². The van der Waals surface area contributed by atoms with Crippen LogP contribution < -0.4 is 10.2 Å². The predicted molar refractivity (Wildman–Crippen MR) is 120 cm³/mol. The predicted octanol–water partition coefficient (Wildman–Crippen LogP) is 4.29. The number of rotatable bonds is 5. The number of aryl methyl sites for hydroxylation is 1. The summed E-state index contributed by atoms with van der Waals surface area (Å²) in [5.41, 5.74) is 2.31. The highest BCUT2D eigenvalue weighted by Gasteiger charge is 2.51. The molecule has 1 saturated heterocycles. The number of benzene rings is 2. The van der Waals surface area contributed by atoms with Crippen molar-refractivity contribution in [2.45, 2.75) is 64.4 Å². The van der Waals surface area contributed by atoms with Gasteiger partial charge >= 0.3 is 13.7 Å². The van der Waals surface area contributed by atoms with Crippen LogP contribution in [0.2, 0.25) is 0 Å². The summed E-state index contributed by atoms with van der Waals surface area (Å²) >= 11 is 0. The van der Waals surface area contributed by atoms with Crippen LogP contribution in [0.4, 0.5) is 8.78 Å². The Morgan fingerprint density at radius 3 is 2.58 bits per heavy atom. The van der Waals surface area contributed by atoms with Crippen molar-refractivity contribution in [3.05, 3.63) is 53.3 Å². The van der Waals surface area contributed by atoms with E-state index in [1.54, 1.807) is 12.1 Å². The Morgan fingerprint density at radius 2 is 1.91 bits per heavy atom. The second-order valence-electron chi connectivity index (χ2n) is 9.54. The van der Waals surface area contributed by atoms with Crippen molar-refractivity contribution >= 4 is 29.9 Å². The molecule has 0 bridgehead atoms. The molecule has 3 heterocycles. The number of fused-ring (bicyclic) bond motifs is 3. The Kier molecular flexibility index (Phi) is 5.10. The van der Waals surface area contributed by atoms with Crippen molar-refractivity contribution in [2.24, 2.45) is 0 Å². The van der Waals surface area contributed by atoms with Crippen LogP contribution in [-0.4, -0.2) is 40.8 Å². The van der Waals surface area contributed by atoms with E-state index in [9.17, 15) is 13.6 Å². The van der Waals surface area contributed by atoms with E-state index < -0.39 is 24.9 Å². The topological polar surface area (TPSA) is 62.6 Å². The van der Waals surface area contributed by atoms with Crippen molar-refractivity contribution in [2.75, 3.05) is 0 Å². The average molecular weight is 454 g/mol. The van der Waals surface area contributed by atoms with Gasteiger partial charge in [0.05, 0.1) is 28.3 Å². The number of ether oxygens (including phenoxy) is 1. The number of halogens is 2. The number of nitrogens with zero attached hydrogens (tertiary/aromatic N) is 2. The molecule has 2 aromatic carbocycles. The van der Waals surface area contributed by atoms with E-state index in [0.717, 1.165) is 22.3 Å². The van der Waals surface area contributed by atoms with E-state index in [1.165, 1.54) is 6.07 Å². The SMILES string of the molecule is CC1(C)OB(c2ccc3nc4n(c3c2)[C@@H](c2c(C=O)cccc2OC(F)F)CC4)OC1(C)C. The third-order valence-electron chi connectivity index (χ3n) is 7.04. The number of hydrogen-bond acceptors (Lipinski definition) is 5. The lowest BCUT2D eigenvalue weighted by Crippen LogP contribution is -2.41. The van der Waals surface area contributed by atoms with Crippen molar-refractivity contribution in [1.29, 1.82) is 0 Å². The third-order valence-corrected chi connectivity index (χ3v) is 7.04. The van der Waals surface area contributed by atoms with Gasteiger partial charge in [-0.2, -0.15) is 8.78 Å². The lowest BCUT2D eigenvalue weighted by molar-refractivity contribution is -0.0507. The summed E-state index contributed by atoms with van der Waals surface area (Å²) in [4.78, 5) is 16.5. The summed E-state index contributed by atoms with van der Waals surface area (Å²) < 4.78 is 45.4. The molecule has 0 saturated carbocycles. The minimum Gasteiger partial charge on any atom is -0.434 e. The van der Waals surface area contributed by atoms with Crippen LogP contribution >= 0.6 is 0 Å². The average Bonchev–Trinajstić information content (AvgIpc) is 3.37. The largest absolute Gasteiger partial charge is 0.494 e. The highest BCUT2D eigenvalue weighted by atomic mass is 19.3. The van der Waals surface area contributed by atoms with Crippen molar-refractivity contribution in [3.63, 3.8) is 0 Å². The maximum atomic E-state index is 13.1. The Hall–Kier alpha value is -2.78. The molecule has 0 radical (unpaired) electrons. The van der Waals surface area contributed by atoms with Crippen molar-refractivity contribution < 1.29 is 27.6 Å². The number of aromatic nitrogens is 2. The Bertz CT molecular complexity index is 1220. The first kappa shape index (κ1) is 22.0. The molecule has 0 N–H and O–H groups in total. The van der Waals surface area contributed by atoms with Gasteiger partial charge in [-0.05, 0) is 57.8 Å². The second-order valence-corrected chi connectivity index (χ2v) is 9.54. The molecule has 1 fully saturated rings. The van der Waals surface area contributed by atoms with Crippen LogP contribution in [0.25, 0.3) is 11.0 Å². The Labute approximate surface area is 191 Å². The first-order valence-electron chi connectivity index (χ1n) is 11.0. The van der Waals surface area contributed by atoms with Gasteiger partial charge in [0.25, 0.3) is 0 Å². The van der Waals surface area contributed by atoms with Gasteiger partial charge in [-0.3, -0.25) is 4.79 Å². The zero-order valence-corrected chi connectivity index (χ0v) is 19.0. The monoisotopic (exact) mass is 454 g/mol. The molecule has 0 amide bonds. The maximum absolute atomic E-state index is 13.1. The molecule has 5 rings (SSSR count). The molecule has 9 heteroatoms. The summed E-state index contributed by atoms with van der Waals surface area (Å²) in [5.74, 6) is 0.848. The standard InChI is InChI=1S/C24H25BF2N2O4/c1-23(2)24(3,4)33-25(32-23)15-8-9-16-18(12-15)29-17(10-11-20(29)28-16)21-14(13-30)6-5-7-19(21)31-22(26)27/h5-9,12-13,17,22H,10-11H2,1-4H3/t17-/m1/s1. The van der Waals surface area contributed by atoms with Crippen LogP contribution in [0.3, 0.4) is 0 Å². The van der Waals surface area contributed by atoms with Gasteiger partial charge in [0.2, 0.25) is 0 Å². The highest BCUT2D eigenvalue weighted by molar-refractivity contribution is 6.62. The number of hydrogen-bond donors (Lipinski definition) is 0. The molecule has 0 unspecified atom stereocenters. The number of alkyl halides is 2. The first-order valence-corrected chi connectivity index (χ1v) is 11.0. The molecule has 172 valence electrons. The smallest absolute Gasteiger partial charge is 0.434 e. The molecular formula is C24H25BF2N2O4. The minimum atomic E-state index is -2.99. The molecule has 0 spiro atoms. The zero-order chi connectivity index (χ0) is 23.5. The van der Waals surface area contributed by atoms with E-state index in [2.05, 4.69) is 0 Å². The third kappa shape index (κ3) is 3.54. The Balaban J connectivity index is 1.61. The highest BCUT2D eigenvalue weighted by Crippen LogP contribution is 2.41. The van der Waals surface area contributed by atoms with E-state index in [0.29, 0.717) is 30.3 Å². The van der Waals surface area contributed by atoms with Gasteiger partial charge in [0, 0.05) is 17.5 Å². The molecule has 3 aromatic rings. The van der Waals surface area contributed by atoms with Crippen LogP contribution in [0.1, 0.15) is 61.9 Å². The number of imidazole rings is 1. The summed E-state index contributed by atoms with van der Waals surface area (Å²) in [6.07, 6.45) is 1.97. The van der Waals surface area contributed by atoms with E-state index in [4.69, 9.17) is 19.0 Å². The molecular weight excluding hydrogens is 429 g/mol. The fraction of sp³-hybridized carbons (Fsp3) is 0.417. The zero-order valence-electron chi connectivity index (χ0n) is 19.0. The van der Waals surface area contributed by atoms with Crippen LogP contribution in [-0.2, 0) is 15.7 Å². The van der Waals surface area contributed by atoms with Gasteiger partial charge in [-0.15, -0.1) is 0 Å². The Morgan fingerprint density at radius 1 is 1.18 bits per heavy atom. The fourth-order valence-electron chi connectivity index (χ4n) is 4.70. The summed E-state index contributed by atoms with van der Waals surface area (Å²) in [6, 6.07) is 10.1. The fourth-order valence-corrected chi connectivity index (χ4v) is 4.70. The quantitative estimate of drug-likeness (QED) is 0.426. The second kappa shape index (κ2) is 7.63. The molecule has 1 aromatic heterocycles. The molecule has 2 aliphatic heterocycles. The molecule has 0 aliphatic carbocycles. The van der Waals surface area contributed by atoms with Gasteiger partial charge in [-0.1, -0.05) is 18.2 Å². The first-order chi connectivity index (χ1) is 15.6. The lowest BCUT2D eigenvalue weighted by atomic mass is 9.79. The normalized spacial score (nSPS) is 21.1. The summed E-state index contributed by atoms with van der Waals surface area (Å²) in [5, 5.41) is 0.